The molecule has 10 heteroatoms. The van der Waals surface area contributed by atoms with Crippen LogP contribution in [0, 0.1) is 29.1 Å². The molecule has 0 N–H and O–H groups in total. The monoisotopic (exact) mass is 576 g/mol. The zero-order valence-electron chi connectivity index (χ0n) is 18.7. The quantitative estimate of drug-likeness (QED) is 0.447. The van der Waals surface area contributed by atoms with Crippen LogP contribution >= 0.6 is 0 Å². The molecular weight excluding hydrogens is 544 g/mol. The van der Waals surface area contributed by atoms with Gasteiger partial charge >= 0.3 is 42.1 Å². The van der Waals surface area contributed by atoms with Gasteiger partial charge in [-0.05, 0) is 36.4 Å². The second-order valence-electron chi connectivity index (χ2n) is 6.48. The Bertz CT molecular complexity index is 673. The molecule has 0 saturated carbocycles. The van der Waals surface area contributed by atoms with Crippen LogP contribution in [0.25, 0.3) is 0 Å². The minimum atomic E-state index is -1.42. The molecule has 0 saturated heterocycles. The Morgan fingerprint density at radius 2 is 0.645 bits per heavy atom. The SMILES string of the molecule is CN(C)c1ccncc1.CN(C)c1ccncc1.CN(C)c1ccncc1.[ClH+][Ru]([ClH+])[ClH+]. The summed E-state index contributed by atoms with van der Waals surface area (Å²) < 4.78 is 0. The molecule has 0 radical (unpaired) electrons. The van der Waals surface area contributed by atoms with Gasteiger partial charge in [-0.2, -0.15) is 0 Å². The van der Waals surface area contributed by atoms with Gasteiger partial charge in [0.15, 0.2) is 0 Å². The molecule has 0 amide bonds. The molecule has 173 valence electrons. The van der Waals surface area contributed by atoms with Crippen LogP contribution in [0.3, 0.4) is 0 Å². The summed E-state index contributed by atoms with van der Waals surface area (Å²) in [5.74, 6) is 0. The van der Waals surface area contributed by atoms with Crippen LogP contribution in [0.15, 0.2) is 73.6 Å². The number of halogens is 3. The van der Waals surface area contributed by atoms with Crippen LogP contribution in [-0.4, -0.2) is 57.2 Å². The van der Waals surface area contributed by atoms with Crippen molar-refractivity contribution in [1.29, 1.82) is 0 Å². The fourth-order valence-electron chi connectivity index (χ4n) is 1.93. The first-order valence-corrected chi connectivity index (χ1v) is 16.3. The van der Waals surface area contributed by atoms with Crippen molar-refractivity contribution in [2.24, 2.45) is 0 Å². The van der Waals surface area contributed by atoms with Gasteiger partial charge in [-0.3, -0.25) is 15.0 Å². The number of nitrogens with zero attached hydrogens (tertiary/aromatic N) is 6. The Morgan fingerprint density at radius 3 is 0.742 bits per heavy atom. The van der Waals surface area contributed by atoms with E-state index in [2.05, 4.69) is 44.0 Å². The van der Waals surface area contributed by atoms with Crippen molar-refractivity contribution in [3.63, 3.8) is 0 Å². The molecule has 0 unspecified atom stereocenters. The van der Waals surface area contributed by atoms with E-state index in [0.717, 1.165) is 0 Å². The molecule has 0 fully saturated rings. The maximum absolute atomic E-state index is 4.39. The van der Waals surface area contributed by atoms with Gasteiger partial charge < -0.3 is 14.7 Å². The van der Waals surface area contributed by atoms with E-state index in [-0.39, 0.29) is 0 Å². The third-order valence-corrected chi connectivity index (χ3v) is 3.54. The fourth-order valence-corrected chi connectivity index (χ4v) is 1.93. The van der Waals surface area contributed by atoms with E-state index in [1.165, 1.54) is 17.1 Å². The summed E-state index contributed by atoms with van der Waals surface area (Å²) >= 11 is -1.42. The van der Waals surface area contributed by atoms with Gasteiger partial charge in [0.25, 0.3) is 0 Å². The Labute approximate surface area is 203 Å². The zero-order chi connectivity index (χ0) is 23.6. The number of rotatable bonds is 3. The second kappa shape index (κ2) is 18.0. The van der Waals surface area contributed by atoms with Gasteiger partial charge in [-0.25, -0.2) is 0 Å². The van der Waals surface area contributed by atoms with Crippen LogP contribution in [0.2, 0.25) is 0 Å². The van der Waals surface area contributed by atoms with Crippen molar-refractivity contribution < 1.29 is 42.1 Å². The molecule has 6 nitrogen and oxygen atoms in total. The average Bonchev–Trinajstić information content (AvgIpc) is 2.76. The van der Waals surface area contributed by atoms with Crippen molar-refractivity contribution in [2.75, 3.05) is 57.0 Å². The Hall–Kier alpha value is -1.66. The summed E-state index contributed by atoms with van der Waals surface area (Å²) in [7, 11) is 25.2. The first-order chi connectivity index (χ1) is 14.6. The van der Waals surface area contributed by atoms with Crippen LogP contribution < -0.4 is 14.7 Å². The topological polar surface area (TPSA) is 48.4 Å². The van der Waals surface area contributed by atoms with Crippen molar-refractivity contribution in [1.82, 2.24) is 15.0 Å². The summed E-state index contributed by atoms with van der Waals surface area (Å²) in [6, 6.07) is 11.8. The number of aromatic nitrogens is 3. The number of hydrogen-bond donors (Lipinski definition) is 0. The van der Waals surface area contributed by atoms with E-state index >= 15 is 0 Å². The van der Waals surface area contributed by atoms with E-state index in [9.17, 15) is 0 Å². The molecular formula is C21H33Cl3N6Ru+3. The van der Waals surface area contributed by atoms with Crippen LogP contribution in [0.4, 0.5) is 17.1 Å². The van der Waals surface area contributed by atoms with Crippen LogP contribution in [0.5, 0.6) is 0 Å². The fraction of sp³-hybridized carbons (Fsp3) is 0.286. The van der Waals surface area contributed by atoms with Gasteiger partial charge in [-0.15, -0.1) is 0 Å². The summed E-state index contributed by atoms with van der Waals surface area (Å²) in [4.78, 5) is 17.8. The summed E-state index contributed by atoms with van der Waals surface area (Å²) in [5, 5.41) is 0. The van der Waals surface area contributed by atoms with Gasteiger partial charge in [0.1, 0.15) is 0 Å². The molecule has 3 heterocycles. The normalized spacial score (nSPS) is 9.39. The number of hydrogen-bond acceptors (Lipinski definition) is 6. The Balaban J connectivity index is 0.000000402. The molecule has 0 aliphatic heterocycles. The molecule has 0 bridgehead atoms. The first-order valence-electron chi connectivity index (χ1n) is 9.07. The van der Waals surface area contributed by atoms with Gasteiger partial charge in [0, 0.05) is 96.5 Å². The zero-order valence-corrected chi connectivity index (χ0v) is 22.9. The van der Waals surface area contributed by atoms with Crippen LogP contribution in [-0.2, 0) is 13.0 Å². The number of pyridine rings is 3. The summed E-state index contributed by atoms with van der Waals surface area (Å²) in [5.41, 5.74) is 3.56. The molecule has 31 heavy (non-hydrogen) atoms. The Morgan fingerprint density at radius 1 is 0.484 bits per heavy atom. The molecule has 3 rings (SSSR count). The van der Waals surface area contributed by atoms with Gasteiger partial charge in [0.05, 0.1) is 0 Å². The molecule has 0 spiro atoms. The molecule has 0 aromatic carbocycles. The molecule has 0 aliphatic rings. The van der Waals surface area contributed by atoms with E-state index in [0.29, 0.717) is 0 Å². The maximum atomic E-state index is 4.39. The first kappa shape index (κ1) is 29.3. The molecule has 0 atom stereocenters. The van der Waals surface area contributed by atoms with Crippen molar-refractivity contribution in [2.45, 2.75) is 0 Å². The van der Waals surface area contributed by atoms with Crippen molar-refractivity contribution >= 4 is 17.1 Å². The van der Waals surface area contributed by atoms with E-state index in [1.807, 2.05) is 93.4 Å². The van der Waals surface area contributed by atoms with Crippen molar-refractivity contribution in [3.8, 4) is 0 Å². The number of anilines is 3. The molecule has 3 aromatic heterocycles. The predicted octanol–water partition coefficient (Wildman–Crippen LogP) is 2.64. The molecule has 0 aliphatic carbocycles. The van der Waals surface area contributed by atoms with Gasteiger partial charge in [-0.1, -0.05) is 0 Å². The van der Waals surface area contributed by atoms with Gasteiger partial charge in [0.2, 0.25) is 0 Å². The standard InChI is InChI=1S/3C7H10N2.3ClH.Ru/c3*1-9(2)7-3-5-8-6-4-7;;;;/h3*3-6H,1-2H3;3*1H;/q;;;;;;+3. The summed E-state index contributed by atoms with van der Waals surface area (Å²) in [6.45, 7) is 0. The third-order valence-electron chi connectivity index (χ3n) is 3.54. The van der Waals surface area contributed by atoms with Crippen LogP contribution in [0.1, 0.15) is 0 Å². The van der Waals surface area contributed by atoms with E-state index in [1.54, 1.807) is 37.2 Å². The predicted molar refractivity (Wildman–Crippen MR) is 120 cm³/mol. The van der Waals surface area contributed by atoms with E-state index < -0.39 is 13.0 Å². The van der Waals surface area contributed by atoms with Crippen molar-refractivity contribution in [3.05, 3.63) is 73.6 Å². The minimum absolute atomic E-state index is 1.19. The third kappa shape index (κ3) is 16.7. The second-order valence-corrected chi connectivity index (χ2v) is 15.7. The average molecular weight is 577 g/mol. The molecule has 3 aromatic rings. The van der Waals surface area contributed by atoms with E-state index in [4.69, 9.17) is 0 Å². The Kier molecular flexibility index (Phi) is 17.0. The summed E-state index contributed by atoms with van der Waals surface area (Å²) in [6.07, 6.45) is 10.7.